The predicted octanol–water partition coefficient (Wildman–Crippen LogP) is 5.02. The second-order valence-corrected chi connectivity index (χ2v) is 12.1. The van der Waals surface area contributed by atoms with Crippen molar-refractivity contribution in [2.45, 2.75) is 52.4 Å². The van der Waals surface area contributed by atoms with E-state index in [1.807, 2.05) is 51.1 Å². The zero-order valence-electron chi connectivity index (χ0n) is 23.2. The van der Waals surface area contributed by atoms with Gasteiger partial charge < -0.3 is 15.0 Å². The molecule has 0 bridgehead atoms. The summed E-state index contributed by atoms with van der Waals surface area (Å²) >= 11 is 6.03. The summed E-state index contributed by atoms with van der Waals surface area (Å²) in [6.45, 7) is 5.51. The Kier molecular flexibility index (Phi) is 11.0. The molecule has 0 fully saturated rings. The second kappa shape index (κ2) is 14.2. The Morgan fingerprint density at radius 1 is 0.925 bits per heavy atom. The van der Waals surface area contributed by atoms with Crippen LogP contribution in [0, 0.1) is 0 Å². The summed E-state index contributed by atoms with van der Waals surface area (Å²) in [6, 6.07) is 22.3. The quantitative estimate of drug-likeness (QED) is 0.304. The van der Waals surface area contributed by atoms with Gasteiger partial charge in [0.2, 0.25) is 21.8 Å². The summed E-state index contributed by atoms with van der Waals surface area (Å²) in [4.78, 5) is 28.2. The maximum atomic E-state index is 13.8. The lowest BCUT2D eigenvalue weighted by molar-refractivity contribution is -0.140. The number of carbonyl (C=O) groups excluding carboxylic acids is 2. The van der Waals surface area contributed by atoms with Crippen molar-refractivity contribution in [2.24, 2.45) is 0 Å². The van der Waals surface area contributed by atoms with Crippen molar-refractivity contribution in [2.75, 3.05) is 17.1 Å². The third-order valence-corrected chi connectivity index (χ3v) is 7.53. The molecule has 8 nitrogen and oxygen atoms in total. The Hall–Kier alpha value is -3.56. The van der Waals surface area contributed by atoms with Gasteiger partial charge in [-0.25, -0.2) is 8.42 Å². The highest BCUT2D eigenvalue weighted by atomic mass is 35.5. The highest BCUT2D eigenvalue weighted by Crippen LogP contribution is 2.24. The number of halogens is 1. The molecule has 214 valence electrons. The topological polar surface area (TPSA) is 96.0 Å². The van der Waals surface area contributed by atoms with E-state index in [1.165, 1.54) is 4.90 Å². The van der Waals surface area contributed by atoms with Crippen molar-refractivity contribution in [3.8, 4) is 5.75 Å². The first-order valence-electron chi connectivity index (χ1n) is 13.1. The van der Waals surface area contributed by atoms with E-state index in [4.69, 9.17) is 16.3 Å². The van der Waals surface area contributed by atoms with Crippen LogP contribution in [0.2, 0.25) is 5.02 Å². The number of nitrogens with one attached hydrogen (secondary N) is 1. The first-order valence-corrected chi connectivity index (χ1v) is 15.3. The number of ether oxygens (including phenoxy) is 1. The molecule has 1 N–H and O–H groups in total. The van der Waals surface area contributed by atoms with Gasteiger partial charge in [0, 0.05) is 17.6 Å². The fraction of sp³-hybridized carbons (Fsp3) is 0.333. The number of benzene rings is 3. The van der Waals surface area contributed by atoms with Crippen LogP contribution in [-0.4, -0.2) is 50.0 Å². The summed E-state index contributed by atoms with van der Waals surface area (Å²) in [5.74, 6) is -0.241. The summed E-state index contributed by atoms with van der Waals surface area (Å²) < 4.78 is 32.5. The van der Waals surface area contributed by atoms with Crippen LogP contribution in [0.1, 0.15) is 38.3 Å². The van der Waals surface area contributed by atoms with Crippen LogP contribution >= 0.6 is 11.6 Å². The van der Waals surface area contributed by atoms with Crippen molar-refractivity contribution >= 4 is 39.1 Å². The van der Waals surface area contributed by atoms with Crippen LogP contribution in [0.15, 0.2) is 78.9 Å². The molecule has 0 heterocycles. The number of rotatable bonds is 13. The van der Waals surface area contributed by atoms with Crippen LogP contribution in [0.5, 0.6) is 5.75 Å². The van der Waals surface area contributed by atoms with Gasteiger partial charge in [-0.3, -0.25) is 13.9 Å². The van der Waals surface area contributed by atoms with Crippen LogP contribution < -0.4 is 14.4 Å². The van der Waals surface area contributed by atoms with Crippen LogP contribution in [0.3, 0.4) is 0 Å². The Bertz CT molecular complexity index is 1360. The molecular weight excluding hydrogens is 550 g/mol. The number of hydrogen-bond acceptors (Lipinski definition) is 5. The lowest BCUT2D eigenvalue weighted by Gasteiger charge is -2.33. The van der Waals surface area contributed by atoms with E-state index in [-0.39, 0.29) is 18.5 Å². The molecule has 2 amide bonds. The van der Waals surface area contributed by atoms with Crippen molar-refractivity contribution in [1.82, 2.24) is 10.2 Å². The largest absolute Gasteiger partial charge is 0.489 e. The molecule has 3 rings (SSSR count). The third kappa shape index (κ3) is 8.99. The number of carbonyl (C=O) groups is 2. The lowest BCUT2D eigenvalue weighted by Crippen LogP contribution is -2.53. The number of amides is 2. The van der Waals surface area contributed by atoms with E-state index in [0.29, 0.717) is 29.5 Å². The van der Waals surface area contributed by atoms with Gasteiger partial charge in [-0.05, 0) is 67.8 Å². The zero-order chi connectivity index (χ0) is 29.3. The lowest BCUT2D eigenvalue weighted by atomic mass is 10.1. The predicted molar refractivity (Wildman–Crippen MR) is 159 cm³/mol. The molecule has 1 atom stereocenters. The SMILES string of the molecule is CC[C@@H](C(=O)NC(C)C)N(Cc1ccc(Cl)cc1)C(=O)CN(c1ccc(OCc2ccccc2)cc1)S(C)(=O)=O. The molecule has 0 aliphatic carbocycles. The minimum Gasteiger partial charge on any atom is -0.489 e. The van der Waals surface area contributed by atoms with Gasteiger partial charge in [-0.1, -0.05) is 61.0 Å². The normalized spacial score (nSPS) is 12.1. The average Bonchev–Trinajstić information content (AvgIpc) is 2.91. The molecule has 0 saturated carbocycles. The summed E-state index contributed by atoms with van der Waals surface area (Å²) in [5, 5.41) is 3.42. The molecule has 0 aliphatic heterocycles. The molecule has 0 unspecified atom stereocenters. The van der Waals surface area contributed by atoms with Gasteiger partial charge in [0.1, 0.15) is 24.9 Å². The number of anilines is 1. The van der Waals surface area contributed by atoms with Gasteiger partial charge in [-0.15, -0.1) is 0 Å². The van der Waals surface area contributed by atoms with E-state index in [9.17, 15) is 18.0 Å². The Morgan fingerprint density at radius 2 is 1.55 bits per heavy atom. The molecule has 0 spiro atoms. The Labute approximate surface area is 241 Å². The maximum Gasteiger partial charge on any atom is 0.244 e. The van der Waals surface area contributed by atoms with Gasteiger partial charge in [-0.2, -0.15) is 0 Å². The standard InChI is InChI=1S/C30H36ClN3O5S/c1-5-28(30(36)32-22(2)3)33(19-23-11-13-25(31)14-12-23)29(35)20-34(40(4,37)38)26-15-17-27(18-16-26)39-21-24-9-7-6-8-10-24/h6-18,22,28H,5,19-21H2,1-4H3,(H,32,36)/t28-/m0/s1. The minimum atomic E-state index is -3.84. The molecule has 0 radical (unpaired) electrons. The first kappa shape index (κ1) is 31.0. The van der Waals surface area contributed by atoms with Crippen LogP contribution in [0.25, 0.3) is 0 Å². The van der Waals surface area contributed by atoms with Gasteiger partial charge in [0.25, 0.3) is 0 Å². The Morgan fingerprint density at radius 3 is 2.10 bits per heavy atom. The fourth-order valence-electron chi connectivity index (χ4n) is 4.15. The molecule has 0 saturated heterocycles. The number of nitrogens with zero attached hydrogens (tertiary/aromatic N) is 2. The Balaban J connectivity index is 1.85. The first-order chi connectivity index (χ1) is 19.0. The van der Waals surface area contributed by atoms with Crippen LogP contribution in [-0.2, 0) is 32.8 Å². The smallest absolute Gasteiger partial charge is 0.244 e. The second-order valence-electron chi connectivity index (χ2n) is 9.77. The van der Waals surface area contributed by atoms with Gasteiger partial charge in [0.05, 0.1) is 11.9 Å². The maximum absolute atomic E-state index is 13.8. The minimum absolute atomic E-state index is 0.115. The van der Waals surface area contributed by atoms with Crippen molar-refractivity contribution in [3.63, 3.8) is 0 Å². The third-order valence-electron chi connectivity index (χ3n) is 6.14. The summed E-state index contributed by atoms with van der Waals surface area (Å²) in [7, 11) is -3.84. The van der Waals surface area contributed by atoms with Gasteiger partial charge >= 0.3 is 0 Å². The summed E-state index contributed by atoms with van der Waals surface area (Å²) in [5.41, 5.74) is 2.08. The molecule has 0 aromatic heterocycles. The molecule has 10 heteroatoms. The van der Waals surface area contributed by atoms with Crippen molar-refractivity contribution in [1.29, 1.82) is 0 Å². The monoisotopic (exact) mass is 585 g/mol. The fourth-order valence-corrected chi connectivity index (χ4v) is 5.13. The number of sulfonamides is 1. The molecular formula is C30H36ClN3O5S. The highest BCUT2D eigenvalue weighted by Gasteiger charge is 2.32. The van der Waals surface area contributed by atoms with E-state index in [0.717, 1.165) is 21.7 Å². The van der Waals surface area contributed by atoms with Crippen molar-refractivity contribution in [3.05, 3.63) is 95.0 Å². The van der Waals surface area contributed by atoms with E-state index < -0.39 is 28.5 Å². The zero-order valence-corrected chi connectivity index (χ0v) is 24.8. The van der Waals surface area contributed by atoms with Gasteiger partial charge in [0.15, 0.2) is 0 Å². The highest BCUT2D eigenvalue weighted by molar-refractivity contribution is 7.92. The molecule has 3 aromatic rings. The van der Waals surface area contributed by atoms with Crippen LogP contribution in [0.4, 0.5) is 5.69 Å². The van der Waals surface area contributed by atoms with E-state index >= 15 is 0 Å². The van der Waals surface area contributed by atoms with Crippen molar-refractivity contribution < 1.29 is 22.7 Å². The summed E-state index contributed by atoms with van der Waals surface area (Å²) in [6.07, 6.45) is 1.40. The average molecular weight is 586 g/mol. The molecule has 3 aromatic carbocycles. The van der Waals surface area contributed by atoms with E-state index in [2.05, 4.69) is 5.32 Å². The van der Waals surface area contributed by atoms with E-state index in [1.54, 1.807) is 48.5 Å². The number of hydrogen-bond donors (Lipinski definition) is 1. The molecule has 40 heavy (non-hydrogen) atoms. The molecule has 0 aliphatic rings.